The Labute approximate surface area is 105 Å². The van der Waals surface area contributed by atoms with Crippen molar-refractivity contribution in [2.45, 2.75) is 6.10 Å². The Morgan fingerprint density at radius 3 is 2.72 bits per heavy atom. The van der Waals surface area contributed by atoms with E-state index in [1.54, 1.807) is 12.1 Å². The molecular formula is C11H13NO5S. The number of amides is 1. The van der Waals surface area contributed by atoms with E-state index >= 15 is 0 Å². The van der Waals surface area contributed by atoms with Crippen LogP contribution in [0.15, 0.2) is 24.3 Å². The molecule has 1 saturated heterocycles. The number of rotatable bonds is 4. The molecule has 98 valence electrons. The predicted molar refractivity (Wildman–Crippen MR) is 64.0 cm³/mol. The number of hydrogen-bond donors (Lipinski definition) is 1. The zero-order valence-corrected chi connectivity index (χ0v) is 10.6. The van der Waals surface area contributed by atoms with Crippen molar-refractivity contribution in [3.05, 3.63) is 29.8 Å². The average molecular weight is 271 g/mol. The summed E-state index contributed by atoms with van der Waals surface area (Å²) in [6.07, 6.45) is 0.926. The van der Waals surface area contributed by atoms with Crippen molar-refractivity contribution in [1.82, 2.24) is 4.72 Å². The molecule has 1 amide bonds. The third-order valence-corrected chi connectivity index (χ3v) is 2.84. The van der Waals surface area contributed by atoms with E-state index in [9.17, 15) is 13.2 Å². The van der Waals surface area contributed by atoms with Gasteiger partial charge in [0.15, 0.2) is 0 Å². The molecule has 7 heteroatoms. The molecule has 0 bridgehead atoms. The number of benzene rings is 1. The molecule has 1 aromatic rings. The molecule has 0 atom stereocenters. The molecule has 0 spiro atoms. The molecule has 1 heterocycles. The lowest BCUT2D eigenvalue weighted by Gasteiger charge is -2.26. The summed E-state index contributed by atoms with van der Waals surface area (Å²) < 4.78 is 34.3. The summed E-state index contributed by atoms with van der Waals surface area (Å²) in [6.45, 7) is 1.06. The first-order chi connectivity index (χ1) is 8.44. The molecule has 1 aliphatic heterocycles. The molecule has 0 radical (unpaired) electrons. The molecular weight excluding hydrogens is 258 g/mol. The minimum Gasteiger partial charge on any atom is -0.486 e. The summed E-state index contributed by atoms with van der Waals surface area (Å²) in [5, 5.41) is 0. The van der Waals surface area contributed by atoms with Crippen LogP contribution in [0.5, 0.6) is 5.75 Å². The maximum Gasteiger partial charge on any atom is 0.264 e. The van der Waals surface area contributed by atoms with Crippen LogP contribution in [0.4, 0.5) is 0 Å². The first kappa shape index (κ1) is 12.8. The van der Waals surface area contributed by atoms with Gasteiger partial charge < -0.3 is 9.47 Å². The van der Waals surface area contributed by atoms with E-state index in [2.05, 4.69) is 0 Å². The van der Waals surface area contributed by atoms with Crippen molar-refractivity contribution in [3.8, 4) is 5.75 Å². The number of nitrogens with one attached hydrogen (secondary N) is 1. The van der Waals surface area contributed by atoms with Crippen LogP contribution in [0, 0.1) is 0 Å². The van der Waals surface area contributed by atoms with E-state index in [4.69, 9.17) is 9.47 Å². The van der Waals surface area contributed by atoms with E-state index in [0.717, 1.165) is 6.26 Å². The van der Waals surface area contributed by atoms with Gasteiger partial charge in [0.05, 0.1) is 19.5 Å². The second-order valence-corrected chi connectivity index (χ2v) is 5.76. The second-order valence-electron chi connectivity index (χ2n) is 4.01. The lowest BCUT2D eigenvalue weighted by atomic mass is 10.2. The first-order valence-electron chi connectivity index (χ1n) is 5.30. The summed E-state index contributed by atoms with van der Waals surface area (Å²) in [7, 11) is -3.56. The standard InChI is InChI=1S/C11H13NO5S/c1-18(14,15)12-11(13)8-3-2-4-9(5-8)17-10-6-16-7-10/h2-5,10H,6-7H2,1H3,(H,12,13). The van der Waals surface area contributed by atoms with Crippen LogP contribution in [-0.2, 0) is 14.8 Å². The van der Waals surface area contributed by atoms with Crippen molar-refractivity contribution >= 4 is 15.9 Å². The van der Waals surface area contributed by atoms with E-state index in [1.165, 1.54) is 12.1 Å². The van der Waals surface area contributed by atoms with Gasteiger partial charge in [-0.2, -0.15) is 0 Å². The Bertz CT molecular complexity index is 550. The molecule has 1 aliphatic rings. The average Bonchev–Trinajstić information content (AvgIpc) is 2.22. The summed E-state index contributed by atoms with van der Waals surface area (Å²) in [6, 6.07) is 6.35. The maximum atomic E-state index is 11.6. The third kappa shape index (κ3) is 3.44. The number of ether oxygens (including phenoxy) is 2. The Morgan fingerprint density at radius 2 is 2.17 bits per heavy atom. The molecule has 1 aromatic carbocycles. The normalized spacial score (nSPS) is 15.8. The summed E-state index contributed by atoms with van der Waals surface area (Å²) in [5.41, 5.74) is 0.234. The van der Waals surface area contributed by atoms with Crippen molar-refractivity contribution in [2.75, 3.05) is 19.5 Å². The Hall–Kier alpha value is -1.60. The fourth-order valence-corrected chi connectivity index (χ4v) is 1.87. The highest BCUT2D eigenvalue weighted by Crippen LogP contribution is 2.17. The molecule has 0 aromatic heterocycles. The molecule has 2 rings (SSSR count). The third-order valence-electron chi connectivity index (χ3n) is 2.28. The maximum absolute atomic E-state index is 11.6. The topological polar surface area (TPSA) is 81.7 Å². The lowest BCUT2D eigenvalue weighted by Crippen LogP contribution is -2.38. The van der Waals surface area contributed by atoms with Gasteiger partial charge in [-0.3, -0.25) is 4.79 Å². The van der Waals surface area contributed by atoms with Gasteiger partial charge in [0.2, 0.25) is 10.0 Å². The molecule has 1 N–H and O–H groups in total. The highest BCUT2D eigenvalue weighted by molar-refractivity contribution is 7.89. The van der Waals surface area contributed by atoms with Gasteiger partial charge in [-0.05, 0) is 18.2 Å². The van der Waals surface area contributed by atoms with E-state index in [0.29, 0.717) is 19.0 Å². The van der Waals surface area contributed by atoms with Gasteiger partial charge in [-0.1, -0.05) is 6.07 Å². The van der Waals surface area contributed by atoms with Crippen molar-refractivity contribution in [3.63, 3.8) is 0 Å². The minimum absolute atomic E-state index is 0.00165. The zero-order valence-electron chi connectivity index (χ0n) is 9.75. The first-order valence-corrected chi connectivity index (χ1v) is 7.20. The van der Waals surface area contributed by atoms with Gasteiger partial charge in [0.25, 0.3) is 5.91 Å². The smallest absolute Gasteiger partial charge is 0.264 e. The Balaban J connectivity index is 2.08. The minimum atomic E-state index is -3.56. The SMILES string of the molecule is CS(=O)(=O)NC(=O)c1cccc(OC2COC2)c1. The molecule has 6 nitrogen and oxygen atoms in total. The fraction of sp³-hybridized carbons (Fsp3) is 0.364. The van der Waals surface area contributed by atoms with Gasteiger partial charge in [-0.15, -0.1) is 0 Å². The summed E-state index contributed by atoms with van der Waals surface area (Å²) >= 11 is 0. The number of sulfonamides is 1. The zero-order chi connectivity index (χ0) is 13.2. The Kier molecular flexibility index (Phi) is 3.53. The van der Waals surface area contributed by atoms with Gasteiger partial charge in [0.1, 0.15) is 11.9 Å². The van der Waals surface area contributed by atoms with Crippen LogP contribution < -0.4 is 9.46 Å². The highest BCUT2D eigenvalue weighted by Gasteiger charge is 2.20. The van der Waals surface area contributed by atoms with Crippen LogP contribution in [0.3, 0.4) is 0 Å². The monoisotopic (exact) mass is 271 g/mol. The number of hydrogen-bond acceptors (Lipinski definition) is 5. The quantitative estimate of drug-likeness (QED) is 0.843. The molecule has 18 heavy (non-hydrogen) atoms. The highest BCUT2D eigenvalue weighted by atomic mass is 32.2. The lowest BCUT2D eigenvalue weighted by molar-refractivity contribution is -0.0796. The fourth-order valence-electron chi connectivity index (χ4n) is 1.41. The second kappa shape index (κ2) is 4.95. The molecule has 1 fully saturated rings. The van der Waals surface area contributed by atoms with Gasteiger partial charge in [0, 0.05) is 5.56 Å². The van der Waals surface area contributed by atoms with Crippen LogP contribution in [-0.4, -0.2) is 39.9 Å². The van der Waals surface area contributed by atoms with Gasteiger partial charge in [-0.25, -0.2) is 13.1 Å². The van der Waals surface area contributed by atoms with Crippen LogP contribution in [0.25, 0.3) is 0 Å². The predicted octanol–water partition coefficient (Wildman–Crippen LogP) is 0.154. The van der Waals surface area contributed by atoms with Crippen molar-refractivity contribution in [1.29, 1.82) is 0 Å². The van der Waals surface area contributed by atoms with E-state index in [1.807, 2.05) is 4.72 Å². The summed E-state index contributed by atoms with van der Waals surface area (Å²) in [5.74, 6) is -0.155. The van der Waals surface area contributed by atoms with Crippen LogP contribution >= 0.6 is 0 Å². The Morgan fingerprint density at radius 1 is 1.44 bits per heavy atom. The van der Waals surface area contributed by atoms with Crippen molar-refractivity contribution < 1.29 is 22.7 Å². The summed E-state index contributed by atoms with van der Waals surface area (Å²) in [4.78, 5) is 11.6. The molecule has 0 aliphatic carbocycles. The largest absolute Gasteiger partial charge is 0.486 e. The number of carbonyl (C=O) groups excluding carboxylic acids is 1. The van der Waals surface area contributed by atoms with E-state index in [-0.39, 0.29) is 11.7 Å². The number of carbonyl (C=O) groups is 1. The van der Waals surface area contributed by atoms with Crippen molar-refractivity contribution in [2.24, 2.45) is 0 Å². The van der Waals surface area contributed by atoms with Crippen LogP contribution in [0.1, 0.15) is 10.4 Å². The molecule has 0 unspecified atom stereocenters. The van der Waals surface area contributed by atoms with Crippen LogP contribution in [0.2, 0.25) is 0 Å². The van der Waals surface area contributed by atoms with E-state index < -0.39 is 15.9 Å². The molecule has 0 saturated carbocycles. The van der Waals surface area contributed by atoms with Gasteiger partial charge >= 0.3 is 0 Å².